The quantitative estimate of drug-likeness (QED) is 0.869. The number of rotatable bonds is 4. The van der Waals surface area contributed by atoms with Gasteiger partial charge in [0.1, 0.15) is 0 Å². The first-order chi connectivity index (χ1) is 9.88. The Kier molecular flexibility index (Phi) is 5.38. The normalized spacial score (nSPS) is 20.5. The Hall–Kier alpha value is -0.940. The van der Waals surface area contributed by atoms with E-state index in [9.17, 15) is 13.2 Å². The molecule has 0 bridgehead atoms. The highest BCUT2D eigenvalue weighted by molar-refractivity contribution is 6.33. The average Bonchev–Trinajstić information content (AvgIpc) is 2.41. The van der Waals surface area contributed by atoms with Gasteiger partial charge in [-0.15, -0.1) is 0 Å². The largest absolute Gasteiger partial charge is 0.416 e. The molecule has 1 fully saturated rings. The van der Waals surface area contributed by atoms with E-state index in [0.29, 0.717) is 18.3 Å². The van der Waals surface area contributed by atoms with Crippen molar-refractivity contribution in [3.8, 4) is 0 Å². The second kappa shape index (κ2) is 6.88. The van der Waals surface area contributed by atoms with Gasteiger partial charge in [-0.05, 0) is 51.1 Å². The Bertz CT molecular complexity index is 476. The molecule has 0 aliphatic carbocycles. The first-order valence-corrected chi connectivity index (χ1v) is 7.56. The van der Waals surface area contributed by atoms with Crippen LogP contribution in [-0.4, -0.2) is 31.1 Å². The summed E-state index contributed by atoms with van der Waals surface area (Å²) in [6, 6.07) is 3.97. The number of likely N-dealkylation sites (tertiary alicyclic amines) is 1. The van der Waals surface area contributed by atoms with Crippen molar-refractivity contribution in [3.05, 3.63) is 28.8 Å². The van der Waals surface area contributed by atoms with Crippen LogP contribution in [0.15, 0.2) is 18.2 Å². The molecule has 0 amide bonds. The average molecular weight is 321 g/mol. The molecule has 1 aromatic rings. The minimum Gasteiger partial charge on any atom is -0.384 e. The van der Waals surface area contributed by atoms with Crippen LogP contribution in [0.4, 0.5) is 18.9 Å². The van der Waals surface area contributed by atoms with Crippen molar-refractivity contribution in [3.63, 3.8) is 0 Å². The number of hydrogen-bond acceptors (Lipinski definition) is 2. The Morgan fingerprint density at radius 1 is 1.33 bits per heavy atom. The van der Waals surface area contributed by atoms with E-state index >= 15 is 0 Å². The van der Waals surface area contributed by atoms with E-state index in [1.54, 1.807) is 0 Å². The van der Waals surface area contributed by atoms with Gasteiger partial charge in [0.25, 0.3) is 0 Å². The van der Waals surface area contributed by atoms with Gasteiger partial charge >= 0.3 is 6.18 Å². The minimum atomic E-state index is -4.35. The first kappa shape index (κ1) is 16.4. The number of anilines is 1. The number of hydrogen-bond donors (Lipinski definition) is 1. The van der Waals surface area contributed by atoms with Gasteiger partial charge in [-0.25, -0.2) is 0 Å². The van der Waals surface area contributed by atoms with E-state index in [-0.39, 0.29) is 5.02 Å². The predicted molar refractivity (Wildman–Crippen MR) is 79.8 cm³/mol. The summed E-state index contributed by atoms with van der Waals surface area (Å²) in [6.07, 6.45) is 0.279. The molecule has 2 nitrogen and oxygen atoms in total. The second-order valence-corrected chi connectivity index (χ2v) is 5.95. The van der Waals surface area contributed by atoms with Gasteiger partial charge in [0.05, 0.1) is 16.3 Å². The maximum atomic E-state index is 12.6. The monoisotopic (exact) mass is 320 g/mol. The van der Waals surface area contributed by atoms with E-state index in [1.807, 2.05) is 0 Å². The number of halogens is 4. The molecule has 1 aromatic carbocycles. The summed E-state index contributed by atoms with van der Waals surface area (Å²) in [6.45, 7) is 1.83. The lowest BCUT2D eigenvalue weighted by atomic mass is 10.0. The highest BCUT2D eigenvalue weighted by Gasteiger charge is 2.30. The van der Waals surface area contributed by atoms with Crippen LogP contribution in [0.25, 0.3) is 0 Å². The Morgan fingerprint density at radius 2 is 2.10 bits per heavy atom. The smallest absolute Gasteiger partial charge is 0.384 e. The van der Waals surface area contributed by atoms with E-state index in [0.717, 1.165) is 25.1 Å². The fraction of sp³-hybridized carbons (Fsp3) is 0.600. The molecular weight excluding hydrogens is 301 g/mol. The number of piperidine rings is 1. The van der Waals surface area contributed by atoms with E-state index in [1.165, 1.54) is 25.3 Å². The molecule has 0 spiro atoms. The summed E-state index contributed by atoms with van der Waals surface area (Å²) in [5.41, 5.74) is -0.159. The SMILES string of the molecule is CN1CCCCC1CCNc1ccc(C(F)(F)F)cc1Cl. The van der Waals surface area contributed by atoms with Crippen molar-refractivity contribution < 1.29 is 13.2 Å². The lowest BCUT2D eigenvalue weighted by molar-refractivity contribution is -0.137. The molecule has 0 radical (unpaired) electrons. The van der Waals surface area contributed by atoms with E-state index in [2.05, 4.69) is 17.3 Å². The topological polar surface area (TPSA) is 15.3 Å². The van der Waals surface area contributed by atoms with Crippen molar-refractivity contribution in [2.45, 2.75) is 37.9 Å². The van der Waals surface area contributed by atoms with Gasteiger partial charge in [-0.1, -0.05) is 18.0 Å². The molecule has 1 aliphatic rings. The van der Waals surface area contributed by atoms with Crippen LogP contribution in [0.3, 0.4) is 0 Å². The molecule has 6 heteroatoms. The lowest BCUT2D eigenvalue weighted by Crippen LogP contribution is -2.37. The molecule has 1 saturated heterocycles. The first-order valence-electron chi connectivity index (χ1n) is 7.19. The van der Waals surface area contributed by atoms with Crippen molar-refractivity contribution in [2.75, 3.05) is 25.5 Å². The van der Waals surface area contributed by atoms with Gasteiger partial charge in [0.2, 0.25) is 0 Å². The van der Waals surface area contributed by atoms with Crippen LogP contribution >= 0.6 is 11.6 Å². The molecular formula is C15H20ClF3N2. The highest BCUT2D eigenvalue weighted by Crippen LogP contribution is 2.33. The third-order valence-corrected chi connectivity index (χ3v) is 4.32. The fourth-order valence-corrected chi connectivity index (χ4v) is 2.96. The standard InChI is InChI=1S/C15H20ClF3N2/c1-21-9-3-2-4-12(21)7-8-20-14-6-5-11(10-13(14)16)15(17,18)19/h5-6,10,12,20H,2-4,7-9H2,1H3. The Balaban J connectivity index is 1.88. The summed E-state index contributed by atoms with van der Waals surface area (Å²) in [7, 11) is 2.12. The van der Waals surface area contributed by atoms with Crippen molar-refractivity contribution in [1.29, 1.82) is 0 Å². The van der Waals surface area contributed by atoms with Gasteiger partial charge in [-0.3, -0.25) is 0 Å². The number of nitrogens with one attached hydrogen (secondary N) is 1. The molecule has 0 aromatic heterocycles. The van der Waals surface area contributed by atoms with Crippen molar-refractivity contribution in [2.24, 2.45) is 0 Å². The van der Waals surface area contributed by atoms with Crippen molar-refractivity contribution in [1.82, 2.24) is 4.90 Å². The molecule has 1 aliphatic heterocycles. The summed E-state index contributed by atoms with van der Waals surface area (Å²) in [5.74, 6) is 0. The minimum absolute atomic E-state index is 0.113. The molecule has 21 heavy (non-hydrogen) atoms. The molecule has 1 N–H and O–H groups in total. The summed E-state index contributed by atoms with van der Waals surface area (Å²) < 4.78 is 37.7. The van der Waals surface area contributed by atoms with Gasteiger partial charge < -0.3 is 10.2 Å². The second-order valence-electron chi connectivity index (χ2n) is 5.54. The molecule has 2 rings (SSSR count). The van der Waals surface area contributed by atoms with Crippen molar-refractivity contribution >= 4 is 17.3 Å². The molecule has 1 heterocycles. The Labute approximate surface area is 128 Å². The van der Waals surface area contributed by atoms with Crippen LogP contribution in [0.5, 0.6) is 0 Å². The summed E-state index contributed by atoms with van der Waals surface area (Å²) >= 11 is 5.91. The van der Waals surface area contributed by atoms with Gasteiger partial charge in [-0.2, -0.15) is 13.2 Å². The maximum absolute atomic E-state index is 12.6. The fourth-order valence-electron chi connectivity index (χ4n) is 2.72. The van der Waals surface area contributed by atoms with Gasteiger partial charge in [0.15, 0.2) is 0 Å². The summed E-state index contributed by atoms with van der Waals surface area (Å²) in [5, 5.41) is 3.25. The molecule has 1 unspecified atom stereocenters. The zero-order valence-electron chi connectivity index (χ0n) is 12.0. The summed E-state index contributed by atoms with van der Waals surface area (Å²) in [4.78, 5) is 2.35. The third-order valence-electron chi connectivity index (χ3n) is 4.01. The number of nitrogens with zero attached hydrogens (tertiary/aromatic N) is 1. The molecule has 1 atom stereocenters. The highest BCUT2D eigenvalue weighted by atomic mass is 35.5. The zero-order valence-corrected chi connectivity index (χ0v) is 12.8. The van der Waals surface area contributed by atoms with Crippen LogP contribution in [0, 0.1) is 0 Å². The van der Waals surface area contributed by atoms with Crippen LogP contribution < -0.4 is 5.32 Å². The van der Waals surface area contributed by atoms with Crippen LogP contribution in [-0.2, 0) is 6.18 Å². The zero-order chi connectivity index (χ0) is 15.5. The number of benzene rings is 1. The molecule has 0 saturated carbocycles. The Morgan fingerprint density at radius 3 is 2.71 bits per heavy atom. The third kappa shape index (κ3) is 4.51. The van der Waals surface area contributed by atoms with Crippen LogP contribution in [0.2, 0.25) is 5.02 Å². The molecule has 118 valence electrons. The maximum Gasteiger partial charge on any atom is 0.416 e. The van der Waals surface area contributed by atoms with E-state index < -0.39 is 11.7 Å². The lowest BCUT2D eigenvalue weighted by Gasteiger charge is -2.32. The number of alkyl halides is 3. The van der Waals surface area contributed by atoms with E-state index in [4.69, 9.17) is 11.6 Å². The van der Waals surface area contributed by atoms with Gasteiger partial charge in [0, 0.05) is 12.6 Å². The van der Waals surface area contributed by atoms with Crippen LogP contribution in [0.1, 0.15) is 31.2 Å². The predicted octanol–water partition coefficient (Wildman–Crippen LogP) is 4.65.